The van der Waals surface area contributed by atoms with E-state index < -0.39 is 12.0 Å². The first-order valence-corrected chi connectivity index (χ1v) is 6.95. The molecule has 2 unspecified atom stereocenters. The molecule has 1 fully saturated rings. The van der Waals surface area contributed by atoms with Crippen molar-refractivity contribution in [1.29, 1.82) is 0 Å². The first-order chi connectivity index (χ1) is 9.40. The zero-order chi connectivity index (χ0) is 14.9. The SMILES string of the molecule is Cc1cc(C)n(C(C)CC(=O)N2CCCC2C(=O)O)n1. The highest BCUT2D eigenvalue weighted by Gasteiger charge is 2.34. The Kier molecular flexibility index (Phi) is 4.11. The van der Waals surface area contributed by atoms with Gasteiger partial charge in [0.15, 0.2) is 0 Å². The molecule has 2 rings (SSSR count). The van der Waals surface area contributed by atoms with Crippen molar-refractivity contribution in [3.05, 3.63) is 17.5 Å². The highest BCUT2D eigenvalue weighted by atomic mass is 16.4. The maximum atomic E-state index is 12.3. The second-order valence-electron chi connectivity index (χ2n) is 5.51. The average molecular weight is 279 g/mol. The number of carboxylic acid groups (broad SMARTS) is 1. The molecule has 0 bridgehead atoms. The van der Waals surface area contributed by atoms with E-state index in [1.807, 2.05) is 31.5 Å². The lowest BCUT2D eigenvalue weighted by Crippen LogP contribution is -2.41. The van der Waals surface area contributed by atoms with Gasteiger partial charge in [0.05, 0.1) is 11.7 Å². The van der Waals surface area contributed by atoms with Crippen molar-refractivity contribution < 1.29 is 14.7 Å². The predicted molar refractivity (Wildman–Crippen MR) is 73.4 cm³/mol. The summed E-state index contributed by atoms with van der Waals surface area (Å²) in [5.74, 6) is -1.01. The van der Waals surface area contributed by atoms with Gasteiger partial charge in [-0.05, 0) is 39.7 Å². The third-order valence-electron chi connectivity index (χ3n) is 3.79. The number of carboxylic acids is 1. The fourth-order valence-corrected chi connectivity index (χ4v) is 2.87. The van der Waals surface area contributed by atoms with Gasteiger partial charge in [0.2, 0.25) is 5.91 Å². The van der Waals surface area contributed by atoms with E-state index in [1.54, 1.807) is 0 Å². The normalized spacial score (nSPS) is 20.1. The minimum absolute atomic E-state index is 0.0637. The smallest absolute Gasteiger partial charge is 0.326 e. The van der Waals surface area contributed by atoms with Crippen LogP contribution in [0.1, 0.15) is 43.6 Å². The van der Waals surface area contributed by atoms with Gasteiger partial charge in [0, 0.05) is 18.7 Å². The Labute approximate surface area is 118 Å². The molecule has 20 heavy (non-hydrogen) atoms. The van der Waals surface area contributed by atoms with E-state index in [1.165, 1.54) is 4.90 Å². The molecular weight excluding hydrogens is 258 g/mol. The summed E-state index contributed by atoms with van der Waals surface area (Å²) in [4.78, 5) is 24.9. The number of aliphatic carboxylic acids is 1. The summed E-state index contributed by atoms with van der Waals surface area (Å²) >= 11 is 0. The van der Waals surface area contributed by atoms with Crippen molar-refractivity contribution in [2.75, 3.05) is 6.54 Å². The molecular formula is C14H21N3O3. The van der Waals surface area contributed by atoms with Crippen LogP contribution in [-0.2, 0) is 9.59 Å². The highest BCUT2D eigenvalue weighted by molar-refractivity contribution is 5.84. The topological polar surface area (TPSA) is 75.4 Å². The van der Waals surface area contributed by atoms with Crippen molar-refractivity contribution in [3.8, 4) is 0 Å². The van der Waals surface area contributed by atoms with Gasteiger partial charge in [-0.1, -0.05) is 0 Å². The first-order valence-electron chi connectivity index (χ1n) is 6.95. The monoisotopic (exact) mass is 279 g/mol. The Morgan fingerprint density at radius 1 is 1.50 bits per heavy atom. The molecule has 1 N–H and O–H groups in total. The Morgan fingerprint density at radius 3 is 2.75 bits per heavy atom. The number of carbonyl (C=O) groups is 2. The van der Waals surface area contributed by atoms with E-state index in [-0.39, 0.29) is 18.4 Å². The van der Waals surface area contributed by atoms with Crippen LogP contribution in [0.2, 0.25) is 0 Å². The molecule has 6 heteroatoms. The van der Waals surface area contributed by atoms with Crippen LogP contribution >= 0.6 is 0 Å². The summed E-state index contributed by atoms with van der Waals surface area (Å²) in [6.45, 7) is 6.35. The standard InChI is InChI=1S/C14H21N3O3/c1-9-7-10(2)17(15-9)11(3)8-13(18)16-6-4-5-12(16)14(19)20/h7,11-12H,4-6,8H2,1-3H3,(H,19,20). The van der Waals surface area contributed by atoms with E-state index >= 15 is 0 Å². The van der Waals surface area contributed by atoms with Gasteiger partial charge in [-0.3, -0.25) is 9.48 Å². The van der Waals surface area contributed by atoms with Crippen molar-refractivity contribution in [2.24, 2.45) is 0 Å². The lowest BCUT2D eigenvalue weighted by Gasteiger charge is -2.23. The van der Waals surface area contributed by atoms with Crippen LogP contribution in [0, 0.1) is 13.8 Å². The molecule has 110 valence electrons. The number of amides is 1. The quantitative estimate of drug-likeness (QED) is 0.906. The largest absolute Gasteiger partial charge is 0.480 e. The van der Waals surface area contributed by atoms with Gasteiger partial charge >= 0.3 is 5.97 Å². The first kappa shape index (κ1) is 14.6. The van der Waals surface area contributed by atoms with Crippen molar-refractivity contribution in [2.45, 2.75) is 52.1 Å². The summed E-state index contributed by atoms with van der Waals surface area (Å²) in [6.07, 6.45) is 1.60. The molecule has 0 radical (unpaired) electrons. The molecule has 2 heterocycles. The van der Waals surface area contributed by atoms with E-state index in [0.717, 1.165) is 17.8 Å². The minimum atomic E-state index is -0.908. The molecule has 1 aromatic rings. The van der Waals surface area contributed by atoms with Gasteiger partial charge in [-0.25, -0.2) is 4.79 Å². The van der Waals surface area contributed by atoms with Gasteiger partial charge in [0.1, 0.15) is 6.04 Å². The number of rotatable bonds is 4. The molecule has 1 saturated heterocycles. The van der Waals surface area contributed by atoms with Crippen LogP contribution in [0.3, 0.4) is 0 Å². The molecule has 1 aliphatic rings. The predicted octanol–water partition coefficient (Wildman–Crippen LogP) is 1.53. The minimum Gasteiger partial charge on any atom is -0.480 e. The molecule has 0 aromatic carbocycles. The van der Waals surface area contributed by atoms with Crippen LogP contribution in [0.25, 0.3) is 0 Å². The van der Waals surface area contributed by atoms with Crippen LogP contribution in [0.5, 0.6) is 0 Å². The average Bonchev–Trinajstić information content (AvgIpc) is 2.95. The van der Waals surface area contributed by atoms with Crippen molar-refractivity contribution in [3.63, 3.8) is 0 Å². The third-order valence-corrected chi connectivity index (χ3v) is 3.79. The van der Waals surface area contributed by atoms with E-state index in [2.05, 4.69) is 5.10 Å². The van der Waals surface area contributed by atoms with Crippen LogP contribution in [0.15, 0.2) is 6.07 Å². The van der Waals surface area contributed by atoms with Gasteiger partial charge in [-0.2, -0.15) is 5.10 Å². The Hall–Kier alpha value is -1.85. The summed E-state index contributed by atoms with van der Waals surface area (Å²) in [7, 11) is 0. The highest BCUT2D eigenvalue weighted by Crippen LogP contribution is 2.22. The number of hydrogen-bond acceptors (Lipinski definition) is 3. The van der Waals surface area contributed by atoms with E-state index in [9.17, 15) is 9.59 Å². The van der Waals surface area contributed by atoms with Crippen molar-refractivity contribution >= 4 is 11.9 Å². The van der Waals surface area contributed by atoms with E-state index in [0.29, 0.717) is 13.0 Å². The summed E-state index contributed by atoms with van der Waals surface area (Å²) in [6, 6.07) is 1.25. The van der Waals surface area contributed by atoms with E-state index in [4.69, 9.17) is 5.11 Å². The maximum absolute atomic E-state index is 12.3. The fourth-order valence-electron chi connectivity index (χ4n) is 2.87. The second-order valence-corrected chi connectivity index (χ2v) is 5.51. The summed E-state index contributed by atoms with van der Waals surface area (Å²) in [5.41, 5.74) is 1.94. The number of likely N-dealkylation sites (tertiary alicyclic amines) is 1. The van der Waals surface area contributed by atoms with Crippen LogP contribution in [-0.4, -0.2) is 44.3 Å². The number of hydrogen-bond donors (Lipinski definition) is 1. The molecule has 0 spiro atoms. The Balaban J connectivity index is 2.04. The molecule has 1 aliphatic heterocycles. The van der Waals surface area contributed by atoms with Gasteiger partial charge in [0.25, 0.3) is 0 Å². The Bertz CT molecular complexity index is 524. The molecule has 0 aliphatic carbocycles. The van der Waals surface area contributed by atoms with Gasteiger partial charge in [-0.15, -0.1) is 0 Å². The fraction of sp³-hybridized carbons (Fsp3) is 0.643. The third kappa shape index (κ3) is 2.84. The number of nitrogens with zero attached hydrogens (tertiary/aromatic N) is 3. The second kappa shape index (κ2) is 5.64. The number of aromatic nitrogens is 2. The van der Waals surface area contributed by atoms with Crippen LogP contribution in [0.4, 0.5) is 0 Å². The zero-order valence-electron chi connectivity index (χ0n) is 12.2. The molecule has 0 saturated carbocycles. The number of carbonyl (C=O) groups excluding carboxylic acids is 1. The molecule has 2 atom stereocenters. The lowest BCUT2D eigenvalue weighted by molar-refractivity contribution is -0.148. The maximum Gasteiger partial charge on any atom is 0.326 e. The van der Waals surface area contributed by atoms with Crippen LogP contribution < -0.4 is 0 Å². The lowest BCUT2D eigenvalue weighted by atomic mass is 10.2. The zero-order valence-corrected chi connectivity index (χ0v) is 12.2. The number of aryl methyl sites for hydroxylation is 2. The summed E-state index contributed by atoms with van der Waals surface area (Å²) < 4.78 is 1.83. The summed E-state index contributed by atoms with van der Waals surface area (Å²) in [5, 5.41) is 13.5. The molecule has 1 aromatic heterocycles. The Morgan fingerprint density at radius 2 is 2.20 bits per heavy atom. The van der Waals surface area contributed by atoms with Crippen molar-refractivity contribution in [1.82, 2.24) is 14.7 Å². The van der Waals surface area contributed by atoms with Gasteiger partial charge < -0.3 is 10.0 Å². The molecule has 1 amide bonds. The molecule has 6 nitrogen and oxygen atoms in total.